The van der Waals surface area contributed by atoms with E-state index in [1.807, 2.05) is 26.8 Å². The van der Waals surface area contributed by atoms with Gasteiger partial charge in [-0.1, -0.05) is 11.6 Å². The normalized spacial score (nSPS) is 17.9. The first kappa shape index (κ1) is 23.4. The summed E-state index contributed by atoms with van der Waals surface area (Å²) >= 11 is 6.24. The Morgan fingerprint density at radius 1 is 1.20 bits per heavy atom. The molecule has 1 atom stereocenters. The molecular weight excluding hydrogens is 475 g/mol. The van der Waals surface area contributed by atoms with Gasteiger partial charge in [0.1, 0.15) is 17.0 Å². The van der Waals surface area contributed by atoms with Gasteiger partial charge in [-0.25, -0.2) is 14.2 Å². The Hall–Kier alpha value is -3.33. The summed E-state index contributed by atoms with van der Waals surface area (Å²) in [7, 11) is 0. The number of carbonyl (C=O) groups is 2. The minimum Gasteiger partial charge on any atom is -0.479 e. The quantitative estimate of drug-likeness (QED) is 0.563. The second-order valence-corrected chi connectivity index (χ2v) is 10.1. The molecule has 0 bridgehead atoms. The number of aromatic nitrogens is 2. The van der Waals surface area contributed by atoms with E-state index >= 15 is 4.39 Å². The molecule has 1 fully saturated rings. The van der Waals surface area contributed by atoms with Gasteiger partial charge in [0, 0.05) is 61.5 Å². The van der Waals surface area contributed by atoms with Gasteiger partial charge in [-0.15, -0.1) is 0 Å². The van der Waals surface area contributed by atoms with Crippen LogP contribution in [0.5, 0.6) is 5.75 Å². The highest BCUT2D eigenvalue weighted by Gasteiger charge is 2.38. The number of fused-ring (bicyclic) bond motifs is 2. The molecule has 0 radical (unpaired) electrons. The van der Waals surface area contributed by atoms with E-state index in [1.165, 1.54) is 6.07 Å². The molecule has 10 heteroatoms. The van der Waals surface area contributed by atoms with Crippen LogP contribution >= 0.6 is 11.6 Å². The lowest BCUT2D eigenvalue weighted by atomic mass is 9.98. The summed E-state index contributed by atoms with van der Waals surface area (Å²) in [5.41, 5.74) is 1.53. The molecule has 35 heavy (non-hydrogen) atoms. The molecule has 1 unspecified atom stereocenters. The Labute approximate surface area is 207 Å². The molecule has 4 heterocycles. The van der Waals surface area contributed by atoms with Gasteiger partial charge in [0.2, 0.25) is 0 Å². The fourth-order valence-electron chi connectivity index (χ4n) is 4.53. The number of nitrogens with one attached hydrogen (secondary N) is 1. The number of hydrogen-bond donors (Lipinski definition) is 1. The van der Waals surface area contributed by atoms with E-state index in [-0.39, 0.29) is 22.9 Å². The average molecular weight is 501 g/mol. The maximum absolute atomic E-state index is 15.3. The fraction of sp³-hybridized carbons (Fsp3) is 0.400. The molecule has 2 aliphatic rings. The smallest absolute Gasteiger partial charge is 0.410 e. The molecule has 0 spiro atoms. The first-order chi connectivity index (χ1) is 16.6. The van der Waals surface area contributed by atoms with E-state index in [0.29, 0.717) is 48.7 Å². The molecule has 5 rings (SSSR count). The largest absolute Gasteiger partial charge is 0.479 e. The average Bonchev–Trinajstić information content (AvgIpc) is 3.45. The number of piperazine rings is 1. The van der Waals surface area contributed by atoms with Crippen molar-refractivity contribution in [3.05, 3.63) is 47.0 Å². The van der Waals surface area contributed by atoms with E-state index in [2.05, 4.69) is 9.97 Å². The third-order valence-electron chi connectivity index (χ3n) is 6.16. The number of benzene rings is 1. The molecule has 2 aliphatic heterocycles. The third-order valence-corrected chi connectivity index (χ3v) is 6.44. The Bertz CT molecular complexity index is 1310. The minimum atomic E-state index is -0.793. The second-order valence-electron chi connectivity index (χ2n) is 9.74. The van der Waals surface area contributed by atoms with Crippen molar-refractivity contribution in [3.8, 4) is 16.9 Å². The van der Waals surface area contributed by atoms with Gasteiger partial charge in [0.05, 0.1) is 10.6 Å². The molecule has 1 N–H and O–H groups in total. The van der Waals surface area contributed by atoms with Crippen molar-refractivity contribution in [2.24, 2.45) is 0 Å². The lowest BCUT2D eigenvalue weighted by Gasteiger charge is -2.36. The maximum atomic E-state index is 15.3. The fourth-order valence-corrected chi connectivity index (χ4v) is 4.75. The van der Waals surface area contributed by atoms with Crippen LogP contribution in [0.4, 0.5) is 9.18 Å². The van der Waals surface area contributed by atoms with Crippen molar-refractivity contribution in [2.75, 3.05) is 26.2 Å². The van der Waals surface area contributed by atoms with Crippen LogP contribution in [0.1, 0.15) is 26.3 Å². The van der Waals surface area contributed by atoms with E-state index in [4.69, 9.17) is 21.1 Å². The first-order valence-electron chi connectivity index (χ1n) is 11.5. The number of nitrogens with zero attached hydrogens (tertiary/aromatic N) is 3. The van der Waals surface area contributed by atoms with Gasteiger partial charge in [-0.2, -0.15) is 0 Å². The number of pyridine rings is 1. The van der Waals surface area contributed by atoms with Crippen molar-refractivity contribution in [2.45, 2.75) is 38.9 Å². The van der Waals surface area contributed by atoms with Crippen LogP contribution in [0.3, 0.4) is 0 Å². The number of carbonyl (C=O) groups excluding carboxylic acids is 2. The highest BCUT2D eigenvalue weighted by atomic mass is 35.5. The van der Waals surface area contributed by atoms with E-state index in [0.717, 1.165) is 5.39 Å². The van der Waals surface area contributed by atoms with Gasteiger partial charge in [-0.3, -0.25) is 4.79 Å². The van der Waals surface area contributed by atoms with Gasteiger partial charge < -0.3 is 24.3 Å². The monoisotopic (exact) mass is 500 g/mol. The molecule has 0 aliphatic carbocycles. The Morgan fingerprint density at radius 2 is 1.91 bits per heavy atom. The van der Waals surface area contributed by atoms with Crippen LogP contribution in [0.15, 0.2) is 30.6 Å². The molecule has 2 aromatic heterocycles. The van der Waals surface area contributed by atoms with Crippen LogP contribution in [-0.2, 0) is 16.0 Å². The standard InChI is InChI=1S/C25H26ClFN4O4/c1-25(2,3)35-24(33)31-10-8-30(9-11-31)23(32)18-13-14-12-17(26)20(27)19(21(14)34-18)15-4-6-28-22-16(15)5-7-29-22/h4-7,12,18H,8-11,13H2,1-3H3,(H,28,29). The summed E-state index contributed by atoms with van der Waals surface area (Å²) in [4.78, 5) is 36.2. The summed E-state index contributed by atoms with van der Waals surface area (Å²) in [6.45, 7) is 6.92. The van der Waals surface area contributed by atoms with Crippen LogP contribution in [0, 0.1) is 5.82 Å². The zero-order chi connectivity index (χ0) is 24.9. The van der Waals surface area contributed by atoms with Crippen LogP contribution in [0.25, 0.3) is 22.2 Å². The van der Waals surface area contributed by atoms with Crippen molar-refractivity contribution < 1.29 is 23.5 Å². The maximum Gasteiger partial charge on any atom is 0.410 e. The SMILES string of the molecule is CC(C)(C)OC(=O)N1CCN(C(=O)C2Cc3cc(Cl)c(F)c(-c4ccnc5[nH]ccc45)c3O2)CC1. The van der Waals surface area contributed by atoms with Gasteiger partial charge in [0.15, 0.2) is 11.9 Å². The predicted octanol–water partition coefficient (Wildman–Crippen LogP) is 4.41. The Balaban J connectivity index is 1.35. The van der Waals surface area contributed by atoms with Crippen molar-refractivity contribution in [1.82, 2.24) is 19.8 Å². The van der Waals surface area contributed by atoms with Crippen LogP contribution in [-0.4, -0.2) is 69.7 Å². The summed E-state index contributed by atoms with van der Waals surface area (Å²) < 4.78 is 26.8. The third kappa shape index (κ3) is 4.40. The number of halogens is 2. The number of hydrogen-bond acceptors (Lipinski definition) is 5. The minimum absolute atomic E-state index is 0.0260. The number of ether oxygens (including phenoxy) is 2. The molecule has 0 saturated carbocycles. The molecular formula is C25H26ClFN4O4. The first-order valence-corrected chi connectivity index (χ1v) is 11.9. The van der Waals surface area contributed by atoms with E-state index in [9.17, 15) is 9.59 Å². The summed E-state index contributed by atoms with van der Waals surface area (Å²) in [6.07, 6.45) is 2.42. The topological polar surface area (TPSA) is 87.8 Å². The van der Waals surface area contributed by atoms with E-state index < -0.39 is 23.6 Å². The second kappa shape index (κ2) is 8.71. The van der Waals surface area contributed by atoms with Crippen LogP contribution < -0.4 is 4.74 Å². The Kier molecular flexibility index (Phi) is 5.83. The zero-order valence-electron chi connectivity index (χ0n) is 19.7. The van der Waals surface area contributed by atoms with Crippen molar-refractivity contribution in [1.29, 1.82) is 0 Å². The van der Waals surface area contributed by atoms with Crippen LogP contribution in [0.2, 0.25) is 5.02 Å². The zero-order valence-corrected chi connectivity index (χ0v) is 20.5. The number of H-pyrrole nitrogens is 1. The lowest BCUT2D eigenvalue weighted by Crippen LogP contribution is -2.54. The van der Waals surface area contributed by atoms with Gasteiger partial charge in [-0.05, 0) is 39.0 Å². The number of rotatable bonds is 2. The molecule has 3 aromatic rings. The summed E-state index contributed by atoms with van der Waals surface area (Å²) in [5, 5.41) is 0.703. The van der Waals surface area contributed by atoms with Gasteiger partial charge >= 0.3 is 6.09 Å². The molecule has 8 nitrogen and oxygen atoms in total. The highest BCUT2D eigenvalue weighted by molar-refractivity contribution is 6.31. The van der Waals surface area contributed by atoms with Crippen molar-refractivity contribution in [3.63, 3.8) is 0 Å². The number of amides is 2. The van der Waals surface area contributed by atoms with Crippen molar-refractivity contribution >= 4 is 34.6 Å². The summed E-state index contributed by atoms with van der Waals surface area (Å²) in [6, 6.07) is 5.05. The molecule has 184 valence electrons. The van der Waals surface area contributed by atoms with E-state index in [1.54, 1.807) is 28.3 Å². The van der Waals surface area contributed by atoms with Gasteiger partial charge in [0.25, 0.3) is 5.91 Å². The highest BCUT2D eigenvalue weighted by Crippen LogP contribution is 2.45. The molecule has 2 amide bonds. The Morgan fingerprint density at radius 3 is 2.63 bits per heavy atom. The lowest BCUT2D eigenvalue weighted by molar-refractivity contribution is -0.139. The summed E-state index contributed by atoms with van der Waals surface area (Å²) in [5.74, 6) is -0.474. The molecule has 1 aromatic carbocycles. The molecule has 1 saturated heterocycles. The number of aromatic amines is 1. The predicted molar refractivity (Wildman–Crippen MR) is 129 cm³/mol.